The third kappa shape index (κ3) is 3.57. The van der Waals surface area contributed by atoms with Crippen molar-refractivity contribution >= 4 is 11.7 Å². The number of nitrogens with zero attached hydrogens (tertiary/aromatic N) is 3. The average Bonchev–Trinajstić information content (AvgIpc) is 2.69. The van der Waals surface area contributed by atoms with Crippen LogP contribution < -0.4 is 14.4 Å². The summed E-state index contributed by atoms with van der Waals surface area (Å²) in [6.45, 7) is 2.73. The standard InChI is InChI=1S/C19H23N3O4/c1-25-15-4-3-5-16(26-2)17(15)18(19(23)24)22-12-10-21(11-13-22)14-6-8-20-9-7-14/h3-9,18H,10-13H2,1-2H3,(H,23,24)/t18-/m1/s1. The Morgan fingerprint density at radius 2 is 1.62 bits per heavy atom. The van der Waals surface area contributed by atoms with Crippen LogP contribution in [0.5, 0.6) is 11.5 Å². The van der Waals surface area contributed by atoms with E-state index in [1.165, 1.54) is 0 Å². The number of aliphatic carboxylic acids is 1. The normalized spacial score (nSPS) is 16.2. The van der Waals surface area contributed by atoms with Crippen LogP contribution in [0, 0.1) is 0 Å². The summed E-state index contributed by atoms with van der Waals surface area (Å²) in [6, 6.07) is 8.44. The molecule has 0 spiro atoms. The van der Waals surface area contributed by atoms with Crippen LogP contribution in [0.3, 0.4) is 0 Å². The van der Waals surface area contributed by atoms with Crippen molar-refractivity contribution < 1.29 is 19.4 Å². The molecular formula is C19H23N3O4. The topological polar surface area (TPSA) is 75.1 Å². The number of anilines is 1. The summed E-state index contributed by atoms with van der Waals surface area (Å²) in [5.74, 6) is 0.131. The van der Waals surface area contributed by atoms with Gasteiger partial charge in [-0.1, -0.05) is 6.07 Å². The minimum atomic E-state index is -0.912. The van der Waals surface area contributed by atoms with E-state index in [-0.39, 0.29) is 0 Å². The fraction of sp³-hybridized carbons (Fsp3) is 0.368. The van der Waals surface area contributed by atoms with Gasteiger partial charge < -0.3 is 19.5 Å². The van der Waals surface area contributed by atoms with Gasteiger partial charge >= 0.3 is 5.97 Å². The molecule has 0 aliphatic carbocycles. The Labute approximate surface area is 152 Å². The lowest BCUT2D eigenvalue weighted by Crippen LogP contribution is -2.49. The zero-order valence-corrected chi connectivity index (χ0v) is 15.0. The van der Waals surface area contributed by atoms with Gasteiger partial charge in [-0.2, -0.15) is 0 Å². The second kappa shape index (κ2) is 8.05. The van der Waals surface area contributed by atoms with Crippen LogP contribution in [0.25, 0.3) is 0 Å². The molecule has 2 aromatic rings. The van der Waals surface area contributed by atoms with E-state index in [0.29, 0.717) is 30.2 Å². The number of carbonyl (C=O) groups is 1. The number of rotatable bonds is 6. The molecule has 0 bridgehead atoms. The third-order valence-electron chi connectivity index (χ3n) is 4.68. The van der Waals surface area contributed by atoms with E-state index in [1.54, 1.807) is 44.8 Å². The van der Waals surface area contributed by atoms with Gasteiger partial charge in [0.2, 0.25) is 0 Å². The molecule has 1 aliphatic heterocycles. The summed E-state index contributed by atoms with van der Waals surface area (Å²) in [4.78, 5) is 20.3. The molecule has 1 atom stereocenters. The first-order valence-corrected chi connectivity index (χ1v) is 8.48. The van der Waals surface area contributed by atoms with Crippen molar-refractivity contribution in [2.24, 2.45) is 0 Å². The summed E-state index contributed by atoms with van der Waals surface area (Å²) in [6.07, 6.45) is 3.53. The van der Waals surface area contributed by atoms with Crippen LogP contribution in [0.15, 0.2) is 42.7 Å². The van der Waals surface area contributed by atoms with E-state index in [1.807, 2.05) is 17.0 Å². The fourth-order valence-electron chi connectivity index (χ4n) is 3.40. The zero-order valence-electron chi connectivity index (χ0n) is 15.0. The predicted molar refractivity (Wildman–Crippen MR) is 97.9 cm³/mol. The van der Waals surface area contributed by atoms with Gasteiger partial charge in [0.25, 0.3) is 0 Å². The molecule has 1 saturated heterocycles. The second-order valence-electron chi connectivity index (χ2n) is 6.05. The summed E-state index contributed by atoms with van der Waals surface area (Å²) >= 11 is 0. The van der Waals surface area contributed by atoms with Crippen LogP contribution in [0.1, 0.15) is 11.6 Å². The van der Waals surface area contributed by atoms with Gasteiger partial charge in [0.05, 0.1) is 19.8 Å². The highest BCUT2D eigenvalue weighted by atomic mass is 16.5. The molecule has 0 saturated carbocycles. The van der Waals surface area contributed by atoms with Crippen LogP contribution in [-0.4, -0.2) is 61.4 Å². The van der Waals surface area contributed by atoms with Gasteiger partial charge in [0.1, 0.15) is 17.5 Å². The maximum atomic E-state index is 12.1. The molecule has 1 aromatic heterocycles. The van der Waals surface area contributed by atoms with E-state index in [2.05, 4.69) is 9.88 Å². The maximum absolute atomic E-state index is 12.1. The van der Waals surface area contributed by atoms with Crippen LogP contribution >= 0.6 is 0 Å². The van der Waals surface area contributed by atoms with Crippen LogP contribution in [0.4, 0.5) is 5.69 Å². The van der Waals surface area contributed by atoms with Gasteiger partial charge in [0, 0.05) is 44.3 Å². The Balaban J connectivity index is 1.84. The summed E-state index contributed by atoms with van der Waals surface area (Å²) in [5.41, 5.74) is 1.66. The number of pyridine rings is 1. The van der Waals surface area contributed by atoms with Crippen LogP contribution in [0.2, 0.25) is 0 Å². The molecule has 7 heteroatoms. The van der Waals surface area contributed by atoms with Gasteiger partial charge in [-0.05, 0) is 24.3 Å². The SMILES string of the molecule is COc1cccc(OC)c1[C@H](C(=O)O)N1CCN(c2ccncc2)CC1. The van der Waals surface area contributed by atoms with Gasteiger partial charge in [-0.3, -0.25) is 14.7 Å². The number of ether oxygens (including phenoxy) is 2. The molecular weight excluding hydrogens is 334 g/mol. The largest absolute Gasteiger partial charge is 0.496 e. The molecule has 1 aromatic carbocycles. The zero-order chi connectivity index (χ0) is 18.5. The molecule has 0 amide bonds. The molecule has 1 N–H and O–H groups in total. The number of piperazine rings is 1. The van der Waals surface area contributed by atoms with Gasteiger partial charge in [-0.15, -0.1) is 0 Å². The number of aromatic nitrogens is 1. The van der Waals surface area contributed by atoms with E-state index < -0.39 is 12.0 Å². The first-order chi connectivity index (χ1) is 12.7. The van der Waals surface area contributed by atoms with Crippen molar-refractivity contribution in [1.82, 2.24) is 9.88 Å². The van der Waals surface area contributed by atoms with Gasteiger partial charge in [0.15, 0.2) is 0 Å². The van der Waals surface area contributed by atoms with Crippen molar-refractivity contribution in [1.29, 1.82) is 0 Å². The average molecular weight is 357 g/mol. The Bertz CT molecular complexity index is 723. The lowest BCUT2D eigenvalue weighted by molar-refractivity contribution is -0.143. The monoisotopic (exact) mass is 357 g/mol. The molecule has 2 heterocycles. The number of hydrogen-bond donors (Lipinski definition) is 1. The van der Waals surface area contributed by atoms with Crippen LogP contribution in [-0.2, 0) is 4.79 Å². The Morgan fingerprint density at radius 1 is 1.04 bits per heavy atom. The third-order valence-corrected chi connectivity index (χ3v) is 4.68. The molecule has 0 unspecified atom stereocenters. The summed E-state index contributed by atoms with van der Waals surface area (Å²) in [5, 5.41) is 9.93. The number of methoxy groups -OCH3 is 2. The fourth-order valence-corrected chi connectivity index (χ4v) is 3.40. The number of carboxylic acid groups (broad SMARTS) is 1. The molecule has 26 heavy (non-hydrogen) atoms. The van der Waals surface area contributed by atoms with E-state index in [4.69, 9.17) is 9.47 Å². The molecule has 1 fully saturated rings. The molecule has 3 rings (SSSR count). The first-order valence-electron chi connectivity index (χ1n) is 8.48. The van der Waals surface area contributed by atoms with Crippen molar-refractivity contribution in [3.8, 4) is 11.5 Å². The quantitative estimate of drug-likeness (QED) is 0.848. The minimum absolute atomic E-state index is 0.522. The minimum Gasteiger partial charge on any atom is -0.496 e. The molecule has 7 nitrogen and oxygen atoms in total. The molecule has 1 aliphatic rings. The number of hydrogen-bond acceptors (Lipinski definition) is 6. The smallest absolute Gasteiger partial charge is 0.325 e. The van der Waals surface area contributed by atoms with E-state index in [0.717, 1.165) is 18.8 Å². The molecule has 138 valence electrons. The van der Waals surface area contributed by atoms with Crippen molar-refractivity contribution in [2.45, 2.75) is 6.04 Å². The van der Waals surface area contributed by atoms with Crippen molar-refractivity contribution in [3.63, 3.8) is 0 Å². The van der Waals surface area contributed by atoms with Gasteiger partial charge in [-0.25, -0.2) is 0 Å². The maximum Gasteiger partial charge on any atom is 0.325 e. The first kappa shape index (κ1) is 18.0. The Hall–Kier alpha value is -2.80. The summed E-state index contributed by atoms with van der Waals surface area (Å²) in [7, 11) is 3.08. The predicted octanol–water partition coefficient (Wildman–Crippen LogP) is 2.05. The lowest BCUT2D eigenvalue weighted by Gasteiger charge is -2.39. The van der Waals surface area contributed by atoms with Crippen molar-refractivity contribution in [2.75, 3.05) is 45.3 Å². The number of carboxylic acids is 1. The lowest BCUT2D eigenvalue weighted by atomic mass is 10.0. The Kier molecular flexibility index (Phi) is 5.58. The molecule has 0 radical (unpaired) electrons. The van der Waals surface area contributed by atoms with E-state index >= 15 is 0 Å². The highest BCUT2D eigenvalue weighted by Crippen LogP contribution is 2.37. The highest BCUT2D eigenvalue weighted by Gasteiger charge is 2.34. The van der Waals surface area contributed by atoms with E-state index in [9.17, 15) is 9.90 Å². The second-order valence-corrected chi connectivity index (χ2v) is 6.05. The van der Waals surface area contributed by atoms with Crippen molar-refractivity contribution in [3.05, 3.63) is 48.3 Å². The number of benzene rings is 1. The Morgan fingerprint density at radius 3 is 2.12 bits per heavy atom. The summed E-state index contributed by atoms with van der Waals surface area (Å²) < 4.78 is 10.8. The highest BCUT2D eigenvalue weighted by molar-refractivity contribution is 5.78.